The minimum atomic E-state index is -0.586. The molecule has 0 aliphatic rings. The third-order valence-corrected chi connectivity index (χ3v) is 3.47. The molecule has 102 valence electrons. The summed E-state index contributed by atoms with van der Waals surface area (Å²) in [6, 6.07) is 5.58. The second-order valence-corrected chi connectivity index (χ2v) is 5.37. The first-order valence-electron chi connectivity index (χ1n) is 6.01. The number of benzene rings is 1. The van der Waals surface area contributed by atoms with Crippen LogP contribution in [0.1, 0.15) is 35.6 Å². The van der Waals surface area contributed by atoms with Crippen molar-refractivity contribution in [3.8, 4) is 5.75 Å². The van der Waals surface area contributed by atoms with Gasteiger partial charge in [-0.3, -0.25) is 0 Å². The van der Waals surface area contributed by atoms with Crippen LogP contribution in [0.5, 0.6) is 5.75 Å². The quantitative estimate of drug-likeness (QED) is 0.931. The van der Waals surface area contributed by atoms with Crippen LogP contribution in [0.3, 0.4) is 0 Å². The van der Waals surface area contributed by atoms with Crippen molar-refractivity contribution in [3.05, 3.63) is 45.3 Å². The molecule has 0 fully saturated rings. The van der Waals surface area contributed by atoms with Crippen molar-refractivity contribution in [2.24, 2.45) is 0 Å². The monoisotopic (exact) mass is 325 g/mol. The van der Waals surface area contributed by atoms with Gasteiger partial charge in [0.1, 0.15) is 18.1 Å². The molecule has 4 nitrogen and oxygen atoms in total. The van der Waals surface area contributed by atoms with Crippen LogP contribution in [0, 0.1) is 13.8 Å². The van der Waals surface area contributed by atoms with Gasteiger partial charge in [-0.15, -0.1) is 0 Å². The van der Waals surface area contributed by atoms with Gasteiger partial charge >= 0.3 is 0 Å². The van der Waals surface area contributed by atoms with Gasteiger partial charge in [0, 0.05) is 10.0 Å². The van der Waals surface area contributed by atoms with Gasteiger partial charge in [0.25, 0.3) is 0 Å². The molecule has 1 aromatic carbocycles. The summed E-state index contributed by atoms with van der Waals surface area (Å²) in [6.45, 7) is 5.83. The van der Waals surface area contributed by atoms with Gasteiger partial charge in [-0.1, -0.05) is 21.1 Å². The normalized spacial score (nSPS) is 12.5. The highest BCUT2D eigenvalue weighted by Crippen LogP contribution is 2.29. The average molecular weight is 326 g/mol. The van der Waals surface area contributed by atoms with Crippen molar-refractivity contribution in [3.63, 3.8) is 0 Å². The number of aromatic nitrogens is 1. The van der Waals surface area contributed by atoms with Gasteiger partial charge in [-0.05, 0) is 39.0 Å². The predicted molar refractivity (Wildman–Crippen MR) is 75.1 cm³/mol. The zero-order chi connectivity index (χ0) is 14.0. The lowest BCUT2D eigenvalue weighted by Gasteiger charge is -2.13. The number of hydrogen-bond acceptors (Lipinski definition) is 4. The fraction of sp³-hybridized carbons (Fsp3) is 0.357. The highest BCUT2D eigenvalue weighted by molar-refractivity contribution is 9.10. The van der Waals surface area contributed by atoms with Crippen LogP contribution in [0.15, 0.2) is 27.2 Å². The van der Waals surface area contributed by atoms with Crippen molar-refractivity contribution in [2.75, 3.05) is 0 Å². The molecule has 0 radical (unpaired) electrons. The van der Waals surface area contributed by atoms with E-state index in [0.717, 1.165) is 27.1 Å². The Hall–Kier alpha value is -1.33. The van der Waals surface area contributed by atoms with E-state index >= 15 is 0 Å². The van der Waals surface area contributed by atoms with Crippen molar-refractivity contribution in [2.45, 2.75) is 33.5 Å². The number of ether oxygens (including phenoxy) is 1. The molecular weight excluding hydrogens is 310 g/mol. The van der Waals surface area contributed by atoms with E-state index in [9.17, 15) is 5.11 Å². The fourth-order valence-electron chi connectivity index (χ4n) is 1.84. The number of hydrogen-bond donors (Lipinski definition) is 1. The molecule has 5 heteroatoms. The summed E-state index contributed by atoms with van der Waals surface area (Å²) in [5, 5.41) is 13.7. The van der Waals surface area contributed by atoms with Crippen LogP contribution in [-0.4, -0.2) is 10.3 Å². The average Bonchev–Trinajstić information content (AvgIpc) is 2.68. The maximum Gasteiger partial charge on any atom is 0.140 e. The first kappa shape index (κ1) is 14.1. The summed E-state index contributed by atoms with van der Waals surface area (Å²) in [5.74, 6) is 1.42. The summed E-state index contributed by atoms with van der Waals surface area (Å²) >= 11 is 3.39. The Labute approximate surface area is 120 Å². The smallest absolute Gasteiger partial charge is 0.140 e. The Morgan fingerprint density at radius 3 is 2.74 bits per heavy atom. The van der Waals surface area contributed by atoms with Crippen LogP contribution in [-0.2, 0) is 6.61 Å². The second kappa shape index (κ2) is 5.75. The van der Waals surface area contributed by atoms with Crippen LogP contribution in [0.2, 0.25) is 0 Å². The molecule has 2 rings (SSSR count). The minimum absolute atomic E-state index is 0.377. The summed E-state index contributed by atoms with van der Waals surface area (Å²) in [4.78, 5) is 0. The largest absolute Gasteiger partial charge is 0.488 e. The molecule has 0 aliphatic heterocycles. The molecule has 0 amide bonds. The number of halogens is 1. The highest BCUT2D eigenvalue weighted by Gasteiger charge is 2.13. The van der Waals surface area contributed by atoms with E-state index in [2.05, 4.69) is 21.1 Å². The van der Waals surface area contributed by atoms with E-state index < -0.39 is 6.10 Å². The lowest BCUT2D eigenvalue weighted by molar-refractivity contribution is 0.190. The molecule has 2 aromatic rings. The number of aliphatic hydroxyl groups is 1. The van der Waals surface area contributed by atoms with Gasteiger partial charge in [0.2, 0.25) is 0 Å². The van der Waals surface area contributed by atoms with Crippen LogP contribution >= 0.6 is 15.9 Å². The molecule has 1 unspecified atom stereocenters. The third-order valence-electron chi connectivity index (χ3n) is 2.98. The standard InChI is InChI=1S/C14H16BrNO3/c1-8-13(10(3)19-16-8)7-18-14-5-4-11(15)6-12(14)9(2)17/h4-6,9,17H,7H2,1-3H3. The SMILES string of the molecule is Cc1noc(C)c1COc1ccc(Br)cc1C(C)O. The maximum atomic E-state index is 9.76. The van der Waals surface area contributed by atoms with E-state index in [0.29, 0.717) is 12.4 Å². The van der Waals surface area contributed by atoms with Crippen LogP contribution < -0.4 is 4.74 Å². The van der Waals surface area contributed by atoms with Gasteiger partial charge in [0.15, 0.2) is 0 Å². The number of aryl methyl sites for hydroxylation is 2. The zero-order valence-electron chi connectivity index (χ0n) is 11.1. The first-order chi connectivity index (χ1) is 8.99. The van der Waals surface area contributed by atoms with E-state index in [4.69, 9.17) is 9.26 Å². The minimum Gasteiger partial charge on any atom is -0.488 e. The molecule has 1 atom stereocenters. The molecule has 0 saturated carbocycles. The lowest BCUT2D eigenvalue weighted by atomic mass is 10.1. The van der Waals surface area contributed by atoms with E-state index in [1.165, 1.54) is 0 Å². The van der Waals surface area contributed by atoms with E-state index in [1.54, 1.807) is 6.92 Å². The number of nitrogens with zero attached hydrogens (tertiary/aromatic N) is 1. The zero-order valence-corrected chi connectivity index (χ0v) is 12.7. The summed E-state index contributed by atoms with van der Waals surface area (Å²) in [5.41, 5.74) is 2.52. The van der Waals surface area contributed by atoms with Crippen molar-refractivity contribution >= 4 is 15.9 Å². The topological polar surface area (TPSA) is 55.5 Å². The van der Waals surface area contributed by atoms with Gasteiger partial charge in [-0.25, -0.2) is 0 Å². The molecule has 19 heavy (non-hydrogen) atoms. The van der Waals surface area contributed by atoms with Crippen LogP contribution in [0.4, 0.5) is 0 Å². The third kappa shape index (κ3) is 3.16. The Bertz CT molecular complexity index is 559. The Morgan fingerprint density at radius 2 is 2.16 bits per heavy atom. The Kier molecular flexibility index (Phi) is 4.27. The molecule has 0 spiro atoms. The molecule has 0 saturated heterocycles. The molecule has 1 heterocycles. The Morgan fingerprint density at radius 1 is 1.42 bits per heavy atom. The van der Waals surface area contributed by atoms with Crippen molar-refractivity contribution in [1.82, 2.24) is 5.16 Å². The van der Waals surface area contributed by atoms with Gasteiger partial charge < -0.3 is 14.4 Å². The molecule has 0 aliphatic carbocycles. The van der Waals surface area contributed by atoms with Crippen molar-refractivity contribution < 1.29 is 14.4 Å². The summed E-state index contributed by atoms with van der Waals surface area (Å²) < 4.78 is 11.8. The van der Waals surface area contributed by atoms with E-state index in [-0.39, 0.29) is 0 Å². The van der Waals surface area contributed by atoms with E-state index in [1.807, 2.05) is 32.0 Å². The second-order valence-electron chi connectivity index (χ2n) is 4.45. The molecule has 0 bridgehead atoms. The van der Waals surface area contributed by atoms with Crippen LogP contribution in [0.25, 0.3) is 0 Å². The lowest BCUT2D eigenvalue weighted by Crippen LogP contribution is -2.02. The predicted octanol–water partition coefficient (Wildman–Crippen LogP) is 3.69. The first-order valence-corrected chi connectivity index (χ1v) is 6.80. The molecule has 1 N–H and O–H groups in total. The van der Waals surface area contributed by atoms with Gasteiger partial charge in [0.05, 0.1) is 17.4 Å². The highest BCUT2D eigenvalue weighted by atomic mass is 79.9. The summed E-state index contributed by atoms with van der Waals surface area (Å²) in [6.07, 6.45) is -0.586. The fourth-order valence-corrected chi connectivity index (χ4v) is 2.21. The summed E-state index contributed by atoms with van der Waals surface area (Å²) in [7, 11) is 0. The Balaban J connectivity index is 2.20. The number of aliphatic hydroxyl groups excluding tert-OH is 1. The number of rotatable bonds is 4. The van der Waals surface area contributed by atoms with Gasteiger partial charge in [-0.2, -0.15) is 0 Å². The van der Waals surface area contributed by atoms with Crippen molar-refractivity contribution in [1.29, 1.82) is 0 Å². The molecule has 1 aromatic heterocycles. The maximum absolute atomic E-state index is 9.76. The molecular formula is C14H16BrNO3.